The highest BCUT2D eigenvalue weighted by molar-refractivity contribution is 7.53. The molecule has 13 heteroatoms. The Morgan fingerprint density at radius 1 is 1.05 bits per heavy atom. The van der Waals surface area contributed by atoms with Crippen LogP contribution in [0.5, 0.6) is 5.75 Å². The average Bonchev–Trinajstić information content (AvgIpc) is 3.42. The van der Waals surface area contributed by atoms with E-state index in [1.807, 2.05) is 36.4 Å². The molecule has 0 saturated carbocycles. The van der Waals surface area contributed by atoms with Crippen LogP contribution in [0.1, 0.15) is 40.5 Å². The number of nitrogen functional groups attached to an aromatic ring is 1. The Morgan fingerprint density at radius 2 is 1.82 bits per heavy atom. The minimum absolute atomic E-state index is 0.207. The summed E-state index contributed by atoms with van der Waals surface area (Å²) in [5.74, 6) is 0.510. The van der Waals surface area contributed by atoms with Gasteiger partial charge in [0.25, 0.3) is 0 Å². The van der Waals surface area contributed by atoms with Crippen LogP contribution in [0.4, 0.5) is 11.5 Å². The van der Waals surface area contributed by atoms with E-state index in [0.717, 1.165) is 54.5 Å². The Kier molecular flexibility index (Phi) is 9.95. The summed E-state index contributed by atoms with van der Waals surface area (Å²) in [6, 6.07) is 13.5. The minimum Gasteiger partial charge on any atom is -0.421 e. The Hall–Kier alpha value is -3.83. The lowest BCUT2D eigenvalue weighted by Gasteiger charge is -2.22. The number of hydrogen-bond acceptors (Lipinski definition) is 10. The second-order valence-corrected chi connectivity index (χ2v) is 12.7. The molecule has 234 valence electrons. The van der Waals surface area contributed by atoms with Crippen molar-refractivity contribution in [3.8, 4) is 5.75 Å². The molecule has 4 N–H and O–H groups in total. The fraction of sp³-hybridized carbons (Fsp3) is 0.419. The number of anilines is 2. The van der Waals surface area contributed by atoms with Gasteiger partial charge in [0.2, 0.25) is 0 Å². The van der Waals surface area contributed by atoms with Crippen LogP contribution >= 0.6 is 7.60 Å². The van der Waals surface area contributed by atoms with Crippen LogP contribution in [0.25, 0.3) is 33.0 Å². The maximum absolute atomic E-state index is 13.2. The van der Waals surface area contributed by atoms with Crippen LogP contribution in [0, 0.1) is 0 Å². The molecule has 3 heterocycles. The van der Waals surface area contributed by atoms with Crippen LogP contribution < -0.4 is 15.6 Å². The number of pyridine rings is 1. The van der Waals surface area contributed by atoms with Crippen molar-refractivity contribution in [1.29, 1.82) is 0 Å². The summed E-state index contributed by atoms with van der Waals surface area (Å²) in [7, 11) is -4.21. The summed E-state index contributed by atoms with van der Waals surface area (Å²) in [5, 5.41) is 5.51. The van der Waals surface area contributed by atoms with Crippen molar-refractivity contribution in [3.05, 3.63) is 55.1 Å². The molecule has 2 unspecified atom stereocenters. The number of fused-ring (bicyclic) bond motifs is 3. The van der Waals surface area contributed by atoms with Gasteiger partial charge in [-0.2, -0.15) is 0 Å². The van der Waals surface area contributed by atoms with Crippen molar-refractivity contribution < 1.29 is 18.7 Å². The molecule has 0 aliphatic rings. The van der Waals surface area contributed by atoms with Gasteiger partial charge in [0, 0.05) is 16.8 Å². The average molecular weight is 621 g/mol. The smallest absolute Gasteiger partial charge is 0.402 e. The fourth-order valence-electron chi connectivity index (χ4n) is 5.36. The van der Waals surface area contributed by atoms with Crippen molar-refractivity contribution in [2.24, 2.45) is 0 Å². The van der Waals surface area contributed by atoms with Crippen molar-refractivity contribution in [3.63, 3.8) is 0 Å². The number of nitrogens with two attached hydrogens (primary N) is 1. The van der Waals surface area contributed by atoms with Crippen LogP contribution in [-0.2, 0) is 15.8 Å². The van der Waals surface area contributed by atoms with Gasteiger partial charge in [0.1, 0.15) is 17.4 Å². The van der Waals surface area contributed by atoms with Gasteiger partial charge < -0.3 is 34.7 Å². The molecule has 3 aromatic heterocycles. The van der Waals surface area contributed by atoms with Crippen LogP contribution in [0.3, 0.4) is 0 Å². The first-order chi connectivity index (χ1) is 21.2. The van der Waals surface area contributed by atoms with Crippen LogP contribution in [-0.4, -0.2) is 72.4 Å². The monoisotopic (exact) mass is 620 g/mol. The second-order valence-electron chi connectivity index (χ2n) is 11.0. The highest BCUT2D eigenvalue weighted by Gasteiger charge is 2.26. The molecule has 5 rings (SSSR count). The van der Waals surface area contributed by atoms with Crippen LogP contribution in [0.2, 0.25) is 0 Å². The predicted molar refractivity (Wildman–Crippen MR) is 175 cm³/mol. The summed E-state index contributed by atoms with van der Waals surface area (Å²) in [6.45, 7) is 11.8. The summed E-state index contributed by atoms with van der Waals surface area (Å²) >= 11 is 0. The molecule has 44 heavy (non-hydrogen) atoms. The number of nitrogens with zero attached hydrogens (tertiary/aromatic N) is 6. The van der Waals surface area contributed by atoms with Gasteiger partial charge >= 0.3 is 7.60 Å². The number of nitrogens with one attached hydrogen (secondary N) is 1. The first kappa shape index (κ1) is 31.6. The Bertz CT molecular complexity index is 1780. The molecule has 3 atom stereocenters. The SMILES string of the molecule is CCN(CC)CCCC(C)Nc1c2ccccc2nc2c(OP(=O)(O)CO[C@H](C)Cn3cnc4c(N)ncnc43)cccc12. The van der Waals surface area contributed by atoms with Gasteiger partial charge in [0.15, 0.2) is 23.6 Å². The zero-order valence-corrected chi connectivity index (χ0v) is 26.6. The van der Waals surface area contributed by atoms with Gasteiger partial charge in [-0.05, 0) is 58.5 Å². The molecule has 12 nitrogen and oxygen atoms in total. The first-order valence-electron chi connectivity index (χ1n) is 15.0. The fourth-order valence-corrected chi connectivity index (χ4v) is 6.31. The third-order valence-electron chi connectivity index (χ3n) is 7.72. The lowest BCUT2D eigenvalue weighted by Crippen LogP contribution is -2.25. The molecule has 0 saturated heterocycles. The quantitative estimate of drug-likeness (QED) is 0.0981. The highest BCUT2D eigenvalue weighted by atomic mass is 31.2. The third kappa shape index (κ3) is 7.27. The molecule has 0 fully saturated rings. The van der Waals surface area contributed by atoms with Crippen LogP contribution in [0.15, 0.2) is 55.1 Å². The van der Waals surface area contributed by atoms with Crippen molar-refractivity contribution in [1.82, 2.24) is 29.4 Å². The Balaban J connectivity index is 1.32. The zero-order valence-electron chi connectivity index (χ0n) is 25.7. The summed E-state index contributed by atoms with van der Waals surface area (Å²) in [4.78, 5) is 30.5. The molecule has 0 radical (unpaired) electrons. The molecule has 2 aromatic carbocycles. The zero-order chi connectivity index (χ0) is 31.3. The van der Waals surface area contributed by atoms with E-state index in [0.29, 0.717) is 23.2 Å². The van der Waals surface area contributed by atoms with Crippen molar-refractivity contribution in [2.45, 2.75) is 59.2 Å². The molecule has 0 bridgehead atoms. The van der Waals surface area contributed by atoms with Gasteiger partial charge in [-0.25, -0.2) is 24.5 Å². The molecule has 0 spiro atoms. The van der Waals surface area contributed by atoms with E-state index in [2.05, 4.69) is 45.9 Å². The molecule has 5 aromatic rings. The summed E-state index contributed by atoms with van der Waals surface area (Å²) in [5.41, 5.74) is 9.14. The lowest BCUT2D eigenvalue weighted by molar-refractivity contribution is 0.0773. The van der Waals surface area contributed by atoms with Gasteiger partial charge in [-0.3, -0.25) is 0 Å². The lowest BCUT2D eigenvalue weighted by atomic mass is 10.1. The molecule has 0 aliphatic carbocycles. The Morgan fingerprint density at radius 3 is 2.61 bits per heavy atom. The van der Waals surface area contributed by atoms with Gasteiger partial charge in [-0.1, -0.05) is 44.2 Å². The third-order valence-corrected chi connectivity index (χ3v) is 8.67. The van der Waals surface area contributed by atoms with Crippen molar-refractivity contribution >= 4 is 52.1 Å². The van der Waals surface area contributed by atoms with Gasteiger partial charge in [-0.15, -0.1) is 0 Å². The largest absolute Gasteiger partial charge is 0.421 e. The molecular weight excluding hydrogens is 579 g/mol. The van der Waals surface area contributed by atoms with E-state index in [1.165, 1.54) is 6.33 Å². The number of aromatic nitrogens is 5. The maximum atomic E-state index is 13.2. The molecule has 0 amide bonds. The Labute approximate surface area is 257 Å². The van der Waals surface area contributed by atoms with E-state index in [9.17, 15) is 9.46 Å². The number of ether oxygens (including phenoxy) is 1. The number of hydrogen-bond donors (Lipinski definition) is 3. The number of benzene rings is 2. The number of para-hydroxylation sites is 2. The first-order valence-corrected chi connectivity index (χ1v) is 16.8. The van der Waals surface area contributed by atoms with E-state index in [4.69, 9.17) is 20.0 Å². The van der Waals surface area contributed by atoms with E-state index in [1.54, 1.807) is 23.9 Å². The van der Waals surface area contributed by atoms with Gasteiger partial charge in [0.05, 0.1) is 30.2 Å². The molecular formula is C31H41N8O4P. The number of rotatable bonds is 15. The number of imidazole rings is 1. The standard InChI is InChI=1S/C31H41N8O4P/c1-5-38(6-2)16-10-11-21(3)36-27-23-12-7-8-14-25(23)37-28-24(27)13-9-15-26(28)43-44(40,41)20-42-22(4)17-39-19-35-29-30(32)33-18-34-31(29)39/h7-9,12-15,18-19,21-22H,5-6,10-11,16-17,20H2,1-4H3,(H,36,37)(H,40,41)(H2,32,33,34)/t21?,22-/m1/s1. The topological polar surface area (TPSA) is 154 Å². The van der Waals surface area contributed by atoms with E-state index in [-0.39, 0.29) is 17.6 Å². The van der Waals surface area contributed by atoms with E-state index < -0.39 is 20.0 Å². The maximum Gasteiger partial charge on any atom is 0.402 e. The molecule has 0 aliphatic heterocycles. The summed E-state index contributed by atoms with van der Waals surface area (Å²) < 4.78 is 26.5. The van der Waals surface area contributed by atoms with E-state index >= 15 is 0 Å². The minimum atomic E-state index is -4.21. The second kappa shape index (κ2) is 13.9. The predicted octanol–water partition coefficient (Wildman–Crippen LogP) is 5.66. The highest BCUT2D eigenvalue weighted by Crippen LogP contribution is 2.46. The summed E-state index contributed by atoms with van der Waals surface area (Å²) in [6.07, 6.45) is 4.09. The normalized spacial score (nSPS) is 14.7. The van der Waals surface area contributed by atoms with Crippen molar-refractivity contribution in [2.75, 3.05) is 37.0 Å².